The van der Waals surface area contributed by atoms with E-state index in [1.54, 1.807) is 29.2 Å². The zero-order valence-electron chi connectivity index (χ0n) is 25.0. The molecular weight excluding hydrogens is 518 g/mol. The number of unbranched alkanes of at least 4 members (excludes halogenated alkanes) is 1. The summed E-state index contributed by atoms with van der Waals surface area (Å²) >= 11 is 0. The van der Waals surface area contributed by atoms with Crippen molar-refractivity contribution in [2.45, 2.75) is 65.5 Å². The van der Waals surface area contributed by atoms with Crippen LogP contribution in [0.2, 0.25) is 0 Å². The molecule has 1 amide bonds. The van der Waals surface area contributed by atoms with Crippen molar-refractivity contribution in [3.05, 3.63) is 142 Å². The summed E-state index contributed by atoms with van der Waals surface area (Å²) in [6.45, 7) is 9.41. The van der Waals surface area contributed by atoms with Crippen molar-refractivity contribution in [1.29, 1.82) is 0 Å². The number of carbonyl (C=O) groups is 2. The van der Waals surface area contributed by atoms with Gasteiger partial charge in [0.15, 0.2) is 0 Å². The van der Waals surface area contributed by atoms with E-state index in [1.165, 1.54) is 24.0 Å². The Labute approximate surface area is 250 Å². The van der Waals surface area contributed by atoms with Crippen LogP contribution in [-0.2, 0) is 24.9 Å². The molecule has 0 saturated carbocycles. The standard InChI is InChI=1S/C38H39NO3/c1-5-6-7-28-8-10-29(11-9-28)12-13-30-14-16-31(17-15-30)26-39(27-32-18-20-34(21-19-32)37(41)42)36(40)33-22-24-35(25-23-33)38(2,3)4/h8-11,14-25H,5-7,26-27H2,1-4H3,(H,41,42). The minimum absolute atomic E-state index is 0.00409. The molecule has 1 N–H and O–H groups in total. The van der Waals surface area contributed by atoms with Crippen molar-refractivity contribution in [3.8, 4) is 11.8 Å². The van der Waals surface area contributed by atoms with Crippen LogP contribution in [0.5, 0.6) is 0 Å². The van der Waals surface area contributed by atoms with Gasteiger partial charge in [-0.1, -0.05) is 94.5 Å². The first-order valence-corrected chi connectivity index (χ1v) is 14.5. The molecule has 0 atom stereocenters. The van der Waals surface area contributed by atoms with Crippen LogP contribution >= 0.6 is 0 Å². The lowest BCUT2D eigenvalue weighted by Crippen LogP contribution is -2.30. The van der Waals surface area contributed by atoms with Crippen LogP contribution in [-0.4, -0.2) is 21.9 Å². The molecule has 0 unspecified atom stereocenters. The number of rotatable bonds is 9. The highest BCUT2D eigenvalue weighted by Gasteiger charge is 2.19. The van der Waals surface area contributed by atoms with Gasteiger partial charge in [-0.25, -0.2) is 4.79 Å². The van der Waals surface area contributed by atoms with Crippen LogP contribution < -0.4 is 0 Å². The number of aryl methyl sites for hydroxylation is 1. The van der Waals surface area contributed by atoms with E-state index in [0.717, 1.165) is 28.7 Å². The van der Waals surface area contributed by atoms with Crippen LogP contribution in [0.1, 0.15) is 94.6 Å². The fourth-order valence-corrected chi connectivity index (χ4v) is 4.66. The van der Waals surface area contributed by atoms with E-state index in [0.29, 0.717) is 18.7 Å². The molecule has 4 heteroatoms. The Hall–Kier alpha value is -4.62. The summed E-state index contributed by atoms with van der Waals surface area (Å²) < 4.78 is 0. The van der Waals surface area contributed by atoms with Crippen molar-refractivity contribution in [2.24, 2.45) is 0 Å². The molecular formula is C38H39NO3. The SMILES string of the molecule is CCCCc1ccc(C#Cc2ccc(CN(Cc3ccc(C(=O)O)cc3)C(=O)c3ccc(C(C)(C)C)cc3)cc2)cc1. The molecule has 0 bridgehead atoms. The lowest BCUT2D eigenvalue weighted by atomic mass is 9.86. The minimum atomic E-state index is -0.972. The van der Waals surface area contributed by atoms with Crippen LogP contribution in [0.3, 0.4) is 0 Å². The molecule has 0 spiro atoms. The molecule has 4 nitrogen and oxygen atoms in total. The van der Waals surface area contributed by atoms with E-state index < -0.39 is 5.97 Å². The number of carbonyl (C=O) groups excluding carboxylic acids is 1. The first-order chi connectivity index (χ1) is 20.1. The van der Waals surface area contributed by atoms with Gasteiger partial charge >= 0.3 is 5.97 Å². The molecule has 0 radical (unpaired) electrons. The summed E-state index contributed by atoms with van der Waals surface area (Å²) in [5.74, 6) is 5.44. The predicted octanol–water partition coefficient (Wildman–Crippen LogP) is 8.27. The van der Waals surface area contributed by atoms with Crippen LogP contribution in [0, 0.1) is 11.8 Å². The van der Waals surface area contributed by atoms with E-state index in [1.807, 2.05) is 48.5 Å². The normalized spacial score (nSPS) is 11.0. The number of hydrogen-bond donors (Lipinski definition) is 1. The second kappa shape index (κ2) is 13.8. The maximum absolute atomic E-state index is 13.7. The highest BCUT2D eigenvalue weighted by Crippen LogP contribution is 2.23. The Balaban J connectivity index is 1.51. The third-order valence-electron chi connectivity index (χ3n) is 7.31. The second-order valence-corrected chi connectivity index (χ2v) is 11.7. The van der Waals surface area contributed by atoms with Crippen molar-refractivity contribution < 1.29 is 14.7 Å². The molecule has 0 aliphatic heterocycles. The average Bonchev–Trinajstić information content (AvgIpc) is 2.99. The fourth-order valence-electron chi connectivity index (χ4n) is 4.66. The number of aromatic carboxylic acids is 1. The van der Waals surface area contributed by atoms with Crippen molar-refractivity contribution in [3.63, 3.8) is 0 Å². The first kappa shape index (κ1) is 30.3. The van der Waals surface area contributed by atoms with Gasteiger partial charge in [0.25, 0.3) is 5.91 Å². The monoisotopic (exact) mass is 557 g/mol. The summed E-state index contributed by atoms with van der Waals surface area (Å²) in [5.41, 5.74) is 7.09. The highest BCUT2D eigenvalue weighted by atomic mass is 16.4. The molecule has 4 aromatic carbocycles. The quantitative estimate of drug-likeness (QED) is 0.211. The molecule has 0 fully saturated rings. The van der Waals surface area contributed by atoms with Gasteiger partial charge in [-0.05, 0) is 89.0 Å². The van der Waals surface area contributed by atoms with Gasteiger partial charge in [-0.15, -0.1) is 0 Å². The number of hydrogen-bond acceptors (Lipinski definition) is 2. The number of carboxylic acids is 1. The second-order valence-electron chi connectivity index (χ2n) is 11.7. The first-order valence-electron chi connectivity index (χ1n) is 14.5. The zero-order chi connectivity index (χ0) is 30.1. The molecule has 214 valence electrons. The van der Waals surface area contributed by atoms with Gasteiger partial charge in [0.05, 0.1) is 5.56 Å². The van der Waals surface area contributed by atoms with Gasteiger partial charge in [-0.2, -0.15) is 0 Å². The molecule has 4 rings (SSSR count). The van der Waals surface area contributed by atoms with E-state index in [9.17, 15) is 14.7 Å². The van der Waals surface area contributed by atoms with Gasteiger partial charge in [0.2, 0.25) is 0 Å². The Kier molecular flexibility index (Phi) is 9.99. The molecule has 0 aliphatic rings. The smallest absolute Gasteiger partial charge is 0.335 e. The average molecular weight is 558 g/mol. The lowest BCUT2D eigenvalue weighted by molar-refractivity contribution is 0.0693. The topological polar surface area (TPSA) is 57.6 Å². The van der Waals surface area contributed by atoms with Crippen LogP contribution in [0.15, 0.2) is 97.1 Å². The van der Waals surface area contributed by atoms with E-state index in [2.05, 4.69) is 63.8 Å². The third kappa shape index (κ3) is 8.44. The van der Waals surface area contributed by atoms with Crippen molar-refractivity contribution >= 4 is 11.9 Å². The molecule has 4 aromatic rings. The van der Waals surface area contributed by atoms with E-state index in [-0.39, 0.29) is 16.9 Å². The Morgan fingerprint density at radius 2 is 1.12 bits per heavy atom. The van der Waals surface area contributed by atoms with Gasteiger partial charge in [0.1, 0.15) is 0 Å². The maximum atomic E-state index is 13.7. The van der Waals surface area contributed by atoms with E-state index in [4.69, 9.17) is 0 Å². The predicted molar refractivity (Wildman–Crippen MR) is 170 cm³/mol. The minimum Gasteiger partial charge on any atom is -0.478 e. The number of carboxylic acid groups (broad SMARTS) is 1. The Morgan fingerprint density at radius 1 is 0.667 bits per heavy atom. The Morgan fingerprint density at radius 3 is 1.57 bits per heavy atom. The molecule has 0 aliphatic carbocycles. The summed E-state index contributed by atoms with van der Waals surface area (Å²) in [6, 6.07) is 30.9. The third-order valence-corrected chi connectivity index (χ3v) is 7.31. The fraction of sp³-hybridized carbons (Fsp3) is 0.263. The van der Waals surface area contributed by atoms with Gasteiger partial charge < -0.3 is 10.0 Å². The summed E-state index contributed by atoms with van der Waals surface area (Å²) in [7, 11) is 0. The van der Waals surface area contributed by atoms with E-state index >= 15 is 0 Å². The maximum Gasteiger partial charge on any atom is 0.335 e. The Bertz CT molecular complexity index is 1550. The zero-order valence-corrected chi connectivity index (χ0v) is 25.0. The van der Waals surface area contributed by atoms with Crippen molar-refractivity contribution in [1.82, 2.24) is 4.90 Å². The molecule has 0 aromatic heterocycles. The van der Waals surface area contributed by atoms with Crippen LogP contribution in [0.4, 0.5) is 0 Å². The number of benzene rings is 4. The molecule has 42 heavy (non-hydrogen) atoms. The van der Waals surface area contributed by atoms with Crippen LogP contribution in [0.25, 0.3) is 0 Å². The van der Waals surface area contributed by atoms with Gasteiger partial charge in [-0.3, -0.25) is 4.79 Å². The van der Waals surface area contributed by atoms with Crippen molar-refractivity contribution in [2.75, 3.05) is 0 Å². The molecule has 0 heterocycles. The largest absolute Gasteiger partial charge is 0.478 e. The summed E-state index contributed by atoms with van der Waals surface area (Å²) in [4.78, 5) is 26.8. The lowest BCUT2D eigenvalue weighted by Gasteiger charge is -2.24. The summed E-state index contributed by atoms with van der Waals surface area (Å²) in [6.07, 6.45) is 3.48. The summed E-state index contributed by atoms with van der Waals surface area (Å²) in [5, 5.41) is 9.26. The molecule has 0 saturated heterocycles. The number of nitrogens with zero attached hydrogens (tertiary/aromatic N) is 1. The highest BCUT2D eigenvalue weighted by molar-refractivity contribution is 5.94. The number of amides is 1. The van der Waals surface area contributed by atoms with Gasteiger partial charge in [0, 0.05) is 29.8 Å².